The highest BCUT2D eigenvalue weighted by Crippen LogP contribution is 2.29. The fraction of sp³-hybridized carbons (Fsp3) is 0.647. The van der Waals surface area contributed by atoms with Gasteiger partial charge in [-0.2, -0.15) is 0 Å². The molecule has 1 aliphatic carbocycles. The highest BCUT2D eigenvalue weighted by Gasteiger charge is 2.23. The molecule has 0 amide bonds. The van der Waals surface area contributed by atoms with Crippen molar-refractivity contribution in [3.63, 3.8) is 0 Å². The van der Waals surface area contributed by atoms with Crippen LogP contribution in [0.5, 0.6) is 5.75 Å². The molecule has 0 saturated heterocycles. The number of benzene rings is 1. The molecule has 1 fully saturated rings. The zero-order chi connectivity index (χ0) is 13.5. The Balaban J connectivity index is 1.90. The Bertz CT molecular complexity index is 360. The van der Waals surface area contributed by atoms with Crippen LogP contribution >= 0.6 is 0 Å². The van der Waals surface area contributed by atoms with Gasteiger partial charge in [-0.15, -0.1) is 0 Å². The van der Waals surface area contributed by atoms with E-state index < -0.39 is 0 Å². The molecular weight excluding hydrogens is 234 g/mol. The van der Waals surface area contributed by atoms with E-state index in [1.807, 2.05) is 0 Å². The molecule has 2 unspecified atom stereocenters. The van der Waals surface area contributed by atoms with Gasteiger partial charge in [0, 0.05) is 11.7 Å². The molecule has 0 aromatic heterocycles. The van der Waals surface area contributed by atoms with E-state index in [2.05, 4.69) is 43.4 Å². The first-order valence-electron chi connectivity index (χ1n) is 7.83. The monoisotopic (exact) mass is 261 g/mol. The molecule has 0 radical (unpaired) electrons. The van der Waals surface area contributed by atoms with E-state index in [0.29, 0.717) is 6.04 Å². The highest BCUT2D eigenvalue weighted by molar-refractivity contribution is 5.47. The molecule has 2 nitrogen and oxygen atoms in total. The lowest BCUT2D eigenvalue weighted by atomic mass is 9.83. The quantitative estimate of drug-likeness (QED) is 0.790. The van der Waals surface area contributed by atoms with E-state index in [9.17, 15) is 0 Å². The molecule has 1 saturated carbocycles. The van der Waals surface area contributed by atoms with Gasteiger partial charge < -0.3 is 10.1 Å². The average molecular weight is 261 g/mol. The van der Waals surface area contributed by atoms with E-state index in [0.717, 1.165) is 24.7 Å². The third-order valence-corrected chi connectivity index (χ3v) is 4.11. The van der Waals surface area contributed by atoms with Crippen molar-refractivity contribution in [1.82, 2.24) is 0 Å². The van der Waals surface area contributed by atoms with Crippen molar-refractivity contribution in [3.8, 4) is 5.75 Å². The maximum atomic E-state index is 5.61. The van der Waals surface area contributed by atoms with Gasteiger partial charge in [0.25, 0.3) is 0 Å². The molecule has 2 heteroatoms. The minimum absolute atomic E-state index is 0.654. The Labute approximate surface area is 117 Å². The summed E-state index contributed by atoms with van der Waals surface area (Å²) in [6, 6.07) is 9.09. The number of nitrogens with one attached hydrogen (secondary N) is 1. The second-order valence-electron chi connectivity index (χ2n) is 5.58. The van der Waals surface area contributed by atoms with Crippen LogP contribution in [-0.4, -0.2) is 12.6 Å². The summed E-state index contributed by atoms with van der Waals surface area (Å²) in [6.07, 6.45) is 7.81. The summed E-state index contributed by atoms with van der Waals surface area (Å²) in [4.78, 5) is 0. The van der Waals surface area contributed by atoms with Crippen molar-refractivity contribution >= 4 is 5.69 Å². The summed E-state index contributed by atoms with van der Waals surface area (Å²) in [5, 5.41) is 3.71. The van der Waals surface area contributed by atoms with Crippen LogP contribution < -0.4 is 10.1 Å². The Hall–Kier alpha value is -1.18. The number of ether oxygens (including phenoxy) is 1. The number of hydrogen-bond acceptors (Lipinski definition) is 2. The minimum Gasteiger partial charge on any atom is -0.494 e. The molecule has 0 bridgehead atoms. The van der Waals surface area contributed by atoms with Crippen LogP contribution in [0, 0.1) is 5.92 Å². The van der Waals surface area contributed by atoms with Crippen molar-refractivity contribution in [2.45, 2.75) is 58.4 Å². The second kappa shape index (κ2) is 7.42. The van der Waals surface area contributed by atoms with E-state index in [4.69, 9.17) is 4.74 Å². The molecular formula is C17H27NO. The largest absolute Gasteiger partial charge is 0.494 e. The van der Waals surface area contributed by atoms with Crippen molar-refractivity contribution in [3.05, 3.63) is 24.3 Å². The predicted molar refractivity (Wildman–Crippen MR) is 81.9 cm³/mol. The summed E-state index contributed by atoms with van der Waals surface area (Å²) >= 11 is 0. The van der Waals surface area contributed by atoms with Crippen LogP contribution in [0.25, 0.3) is 0 Å². The standard InChI is InChI=1S/C17H27NO/c1-3-13-19-16-11-9-15(10-12-16)18-17-8-6-5-7-14(17)4-2/h9-12,14,17-18H,3-8,13H2,1-2H3. The summed E-state index contributed by atoms with van der Waals surface area (Å²) < 4.78 is 5.61. The van der Waals surface area contributed by atoms with Gasteiger partial charge in [-0.3, -0.25) is 0 Å². The normalized spacial score (nSPS) is 23.1. The number of rotatable bonds is 6. The molecule has 0 heterocycles. The fourth-order valence-electron chi connectivity index (χ4n) is 2.97. The molecule has 1 aromatic carbocycles. The predicted octanol–water partition coefficient (Wildman–Crippen LogP) is 4.86. The minimum atomic E-state index is 0.654. The van der Waals surface area contributed by atoms with Crippen molar-refractivity contribution < 1.29 is 4.74 Å². The maximum Gasteiger partial charge on any atom is 0.119 e. The van der Waals surface area contributed by atoms with E-state index in [1.54, 1.807) is 0 Å². The second-order valence-corrected chi connectivity index (χ2v) is 5.58. The lowest BCUT2D eigenvalue weighted by Gasteiger charge is -2.32. The van der Waals surface area contributed by atoms with Crippen LogP contribution in [0.1, 0.15) is 52.4 Å². The van der Waals surface area contributed by atoms with Crippen LogP contribution in [0.4, 0.5) is 5.69 Å². The third-order valence-electron chi connectivity index (χ3n) is 4.11. The molecule has 19 heavy (non-hydrogen) atoms. The van der Waals surface area contributed by atoms with Gasteiger partial charge in [0.2, 0.25) is 0 Å². The van der Waals surface area contributed by atoms with E-state index in [1.165, 1.54) is 37.8 Å². The molecule has 1 aromatic rings. The number of hydrogen-bond donors (Lipinski definition) is 1. The Morgan fingerprint density at radius 2 is 1.84 bits per heavy atom. The van der Waals surface area contributed by atoms with Crippen molar-refractivity contribution in [1.29, 1.82) is 0 Å². The maximum absolute atomic E-state index is 5.61. The van der Waals surface area contributed by atoms with Gasteiger partial charge in [0.1, 0.15) is 5.75 Å². The number of anilines is 1. The Morgan fingerprint density at radius 3 is 2.53 bits per heavy atom. The van der Waals surface area contributed by atoms with Crippen LogP contribution in [0.15, 0.2) is 24.3 Å². The van der Waals surface area contributed by atoms with Crippen LogP contribution in [0.2, 0.25) is 0 Å². The first-order valence-corrected chi connectivity index (χ1v) is 7.83. The first kappa shape index (κ1) is 14.2. The zero-order valence-corrected chi connectivity index (χ0v) is 12.3. The average Bonchev–Trinajstić information content (AvgIpc) is 2.47. The molecule has 2 atom stereocenters. The summed E-state index contributed by atoms with van der Waals surface area (Å²) in [7, 11) is 0. The van der Waals surface area contributed by atoms with Gasteiger partial charge in [0.05, 0.1) is 6.61 Å². The smallest absolute Gasteiger partial charge is 0.119 e. The molecule has 1 aliphatic rings. The van der Waals surface area contributed by atoms with Crippen LogP contribution in [0.3, 0.4) is 0 Å². The molecule has 2 rings (SSSR count). The van der Waals surface area contributed by atoms with Crippen molar-refractivity contribution in [2.75, 3.05) is 11.9 Å². The van der Waals surface area contributed by atoms with E-state index >= 15 is 0 Å². The summed E-state index contributed by atoms with van der Waals surface area (Å²) in [5.41, 5.74) is 1.23. The Kier molecular flexibility index (Phi) is 5.56. The fourth-order valence-corrected chi connectivity index (χ4v) is 2.97. The lowest BCUT2D eigenvalue weighted by molar-refractivity contribution is 0.315. The first-order chi connectivity index (χ1) is 9.33. The molecule has 1 N–H and O–H groups in total. The topological polar surface area (TPSA) is 21.3 Å². The van der Waals surface area contributed by atoms with Crippen LogP contribution in [-0.2, 0) is 0 Å². The molecule has 0 spiro atoms. The molecule has 106 valence electrons. The molecule has 0 aliphatic heterocycles. The van der Waals surface area contributed by atoms with E-state index in [-0.39, 0.29) is 0 Å². The summed E-state index contributed by atoms with van der Waals surface area (Å²) in [6.45, 7) is 5.24. The van der Waals surface area contributed by atoms with Gasteiger partial charge in [-0.1, -0.05) is 33.1 Å². The third kappa shape index (κ3) is 4.15. The zero-order valence-electron chi connectivity index (χ0n) is 12.3. The lowest BCUT2D eigenvalue weighted by Crippen LogP contribution is -2.31. The Morgan fingerprint density at radius 1 is 1.11 bits per heavy atom. The SMILES string of the molecule is CCCOc1ccc(NC2CCCCC2CC)cc1. The van der Waals surface area contributed by atoms with Gasteiger partial charge in [-0.25, -0.2) is 0 Å². The van der Waals surface area contributed by atoms with Gasteiger partial charge in [-0.05, 0) is 49.4 Å². The highest BCUT2D eigenvalue weighted by atomic mass is 16.5. The van der Waals surface area contributed by atoms with Crippen molar-refractivity contribution in [2.24, 2.45) is 5.92 Å². The van der Waals surface area contributed by atoms with Gasteiger partial charge in [0.15, 0.2) is 0 Å². The van der Waals surface area contributed by atoms with Gasteiger partial charge >= 0.3 is 0 Å². The summed E-state index contributed by atoms with van der Waals surface area (Å²) in [5.74, 6) is 1.81.